The lowest BCUT2D eigenvalue weighted by molar-refractivity contribution is 0.661. The molecule has 0 aliphatic rings. The number of nitrogens with zero attached hydrogens (tertiary/aromatic N) is 1. The van der Waals surface area contributed by atoms with Crippen LogP contribution in [0.3, 0.4) is 0 Å². The van der Waals surface area contributed by atoms with Crippen molar-refractivity contribution < 1.29 is 0 Å². The van der Waals surface area contributed by atoms with Gasteiger partial charge in [-0.1, -0.05) is 43.0 Å². The largest absolute Gasteiger partial charge is 0.388 e. The number of hydrazone groups is 1. The van der Waals surface area contributed by atoms with Gasteiger partial charge < -0.3 is 10.6 Å². The minimum atomic E-state index is 0.392. The molecule has 2 aromatic carbocycles. The van der Waals surface area contributed by atoms with Gasteiger partial charge in [-0.15, -0.1) is 0 Å². The maximum absolute atomic E-state index is 4.04. The number of rotatable bonds is 10. The van der Waals surface area contributed by atoms with Crippen LogP contribution in [0.5, 0.6) is 0 Å². The van der Waals surface area contributed by atoms with E-state index in [2.05, 4.69) is 76.3 Å². The summed E-state index contributed by atoms with van der Waals surface area (Å²) in [6.45, 7) is 4.55. The van der Waals surface area contributed by atoms with Crippen molar-refractivity contribution in [3.63, 3.8) is 0 Å². The Morgan fingerprint density at radius 1 is 1.00 bits per heavy atom. The van der Waals surface area contributed by atoms with Gasteiger partial charge in [0, 0.05) is 37.5 Å². The number of nitrogens with one attached hydrogen (secondary N) is 3. The second kappa shape index (κ2) is 10.3. The van der Waals surface area contributed by atoms with Crippen LogP contribution in [0.15, 0.2) is 66.4 Å². The quantitative estimate of drug-likeness (QED) is 0.458. The van der Waals surface area contributed by atoms with Gasteiger partial charge in [-0.25, -0.2) is 0 Å². The summed E-state index contributed by atoms with van der Waals surface area (Å²) in [5, 5.41) is 10.5. The Bertz CT molecular complexity index is 659. The van der Waals surface area contributed by atoms with Crippen LogP contribution in [0.2, 0.25) is 0 Å². The van der Waals surface area contributed by atoms with Crippen LogP contribution < -0.4 is 16.1 Å². The molecular formula is C21H28N4. The molecule has 25 heavy (non-hydrogen) atoms. The van der Waals surface area contributed by atoms with Crippen LogP contribution in [0.25, 0.3) is 0 Å². The first kappa shape index (κ1) is 18.7. The predicted molar refractivity (Wildman–Crippen MR) is 108 cm³/mol. The van der Waals surface area contributed by atoms with E-state index >= 15 is 0 Å². The smallest absolute Gasteiger partial charge is 0.0337 e. The Labute approximate surface area is 151 Å². The van der Waals surface area contributed by atoms with Crippen molar-refractivity contribution in [1.82, 2.24) is 10.7 Å². The molecule has 132 valence electrons. The average molecular weight is 336 g/mol. The van der Waals surface area contributed by atoms with Crippen molar-refractivity contribution in [3.8, 4) is 0 Å². The van der Waals surface area contributed by atoms with Crippen LogP contribution in [0.4, 0.5) is 5.69 Å². The van der Waals surface area contributed by atoms with Gasteiger partial charge in [0.1, 0.15) is 0 Å². The molecule has 0 aliphatic carbocycles. The highest BCUT2D eigenvalue weighted by Crippen LogP contribution is 2.29. The van der Waals surface area contributed by atoms with Crippen LogP contribution >= 0.6 is 0 Å². The van der Waals surface area contributed by atoms with Crippen molar-refractivity contribution in [2.24, 2.45) is 5.10 Å². The molecule has 4 heteroatoms. The number of hydrogen-bond acceptors (Lipinski definition) is 4. The highest BCUT2D eigenvalue weighted by Gasteiger charge is 2.13. The fourth-order valence-electron chi connectivity index (χ4n) is 2.84. The Morgan fingerprint density at radius 3 is 2.20 bits per heavy atom. The van der Waals surface area contributed by atoms with E-state index in [4.69, 9.17) is 0 Å². The summed E-state index contributed by atoms with van der Waals surface area (Å²) in [6.07, 6.45) is 5.29. The fourth-order valence-corrected chi connectivity index (χ4v) is 2.84. The number of benzene rings is 2. The van der Waals surface area contributed by atoms with E-state index in [9.17, 15) is 0 Å². The van der Waals surface area contributed by atoms with Gasteiger partial charge in [0.2, 0.25) is 0 Å². The van der Waals surface area contributed by atoms with E-state index in [1.165, 1.54) is 16.7 Å². The Kier molecular flexibility index (Phi) is 7.73. The predicted octanol–water partition coefficient (Wildman–Crippen LogP) is 3.73. The van der Waals surface area contributed by atoms with Crippen molar-refractivity contribution in [3.05, 3.63) is 78.0 Å². The minimum Gasteiger partial charge on any atom is -0.388 e. The van der Waals surface area contributed by atoms with Crippen LogP contribution in [0.1, 0.15) is 29.0 Å². The van der Waals surface area contributed by atoms with Crippen molar-refractivity contribution in [1.29, 1.82) is 0 Å². The first-order valence-corrected chi connectivity index (χ1v) is 8.67. The summed E-state index contributed by atoms with van der Waals surface area (Å²) in [5.41, 5.74) is 7.80. The van der Waals surface area contributed by atoms with Crippen molar-refractivity contribution in [2.75, 3.05) is 26.0 Å². The third-order valence-corrected chi connectivity index (χ3v) is 4.25. The second-order valence-electron chi connectivity index (χ2n) is 5.91. The monoisotopic (exact) mass is 336 g/mol. The average Bonchev–Trinajstić information content (AvgIpc) is 2.67. The lowest BCUT2D eigenvalue weighted by atomic mass is 9.88. The highest BCUT2D eigenvalue weighted by atomic mass is 15.3. The van der Waals surface area contributed by atoms with E-state index in [0.717, 1.165) is 25.1 Å². The molecule has 0 aromatic heterocycles. The normalized spacial score (nSPS) is 12.1. The molecule has 0 aliphatic heterocycles. The topological polar surface area (TPSA) is 48.5 Å². The summed E-state index contributed by atoms with van der Waals surface area (Å²) in [7, 11) is 3.95. The van der Waals surface area contributed by atoms with E-state index in [1.807, 2.05) is 20.3 Å². The van der Waals surface area contributed by atoms with Gasteiger partial charge in [-0.2, -0.15) is 5.10 Å². The zero-order valence-electron chi connectivity index (χ0n) is 15.1. The molecule has 0 fully saturated rings. The molecule has 0 saturated heterocycles. The first-order chi connectivity index (χ1) is 12.3. The van der Waals surface area contributed by atoms with Crippen LogP contribution in [-0.2, 0) is 6.42 Å². The summed E-state index contributed by atoms with van der Waals surface area (Å²) in [6, 6.07) is 17.5. The summed E-state index contributed by atoms with van der Waals surface area (Å²) >= 11 is 0. The second-order valence-corrected chi connectivity index (χ2v) is 5.91. The lowest BCUT2D eigenvalue weighted by Gasteiger charge is -2.19. The minimum absolute atomic E-state index is 0.392. The van der Waals surface area contributed by atoms with E-state index in [-0.39, 0.29) is 0 Å². The van der Waals surface area contributed by atoms with Crippen LogP contribution in [0, 0.1) is 0 Å². The zero-order chi connectivity index (χ0) is 17.9. The molecule has 0 radical (unpaired) electrons. The van der Waals surface area contributed by atoms with Gasteiger partial charge >= 0.3 is 0 Å². The van der Waals surface area contributed by atoms with Crippen LogP contribution in [-0.4, -0.2) is 26.9 Å². The SMILES string of the molecule is C=CN/N=C\Cc1ccc(C(CCNC)c2ccc(NC)cc2)cc1. The van der Waals surface area contributed by atoms with Gasteiger partial charge in [0.15, 0.2) is 0 Å². The maximum Gasteiger partial charge on any atom is 0.0337 e. The first-order valence-electron chi connectivity index (χ1n) is 8.67. The molecule has 0 spiro atoms. The van der Waals surface area contributed by atoms with E-state index in [0.29, 0.717) is 5.92 Å². The molecule has 0 saturated carbocycles. The zero-order valence-corrected chi connectivity index (χ0v) is 15.1. The Morgan fingerprint density at radius 2 is 1.64 bits per heavy atom. The van der Waals surface area contributed by atoms with Gasteiger partial charge in [0.25, 0.3) is 0 Å². The van der Waals surface area contributed by atoms with Gasteiger partial charge in [-0.05, 0) is 48.8 Å². The molecule has 0 bridgehead atoms. The summed E-state index contributed by atoms with van der Waals surface area (Å²) < 4.78 is 0. The molecule has 1 unspecified atom stereocenters. The van der Waals surface area contributed by atoms with Gasteiger partial charge in [0.05, 0.1) is 0 Å². The third kappa shape index (κ3) is 5.76. The highest BCUT2D eigenvalue weighted by molar-refractivity contribution is 5.61. The van der Waals surface area contributed by atoms with Gasteiger partial charge in [-0.3, -0.25) is 5.43 Å². The Hall–Kier alpha value is -2.59. The lowest BCUT2D eigenvalue weighted by Crippen LogP contribution is -2.13. The molecule has 3 N–H and O–H groups in total. The molecule has 1 atom stereocenters. The molecule has 0 heterocycles. The standard InChI is InChI=1S/C21H28N4/c1-4-24-25-16-13-17-5-7-18(8-6-17)21(14-15-22-2)19-9-11-20(23-3)12-10-19/h4-12,16,21-24H,1,13-15H2,2-3H3/b25-16-. The van der Waals surface area contributed by atoms with E-state index in [1.54, 1.807) is 6.20 Å². The van der Waals surface area contributed by atoms with E-state index < -0.39 is 0 Å². The third-order valence-electron chi connectivity index (χ3n) is 4.25. The summed E-state index contributed by atoms with van der Waals surface area (Å²) in [4.78, 5) is 0. The maximum atomic E-state index is 4.04. The summed E-state index contributed by atoms with van der Waals surface area (Å²) in [5.74, 6) is 0.392. The molecular weight excluding hydrogens is 308 g/mol. The molecule has 2 aromatic rings. The number of hydrogen-bond donors (Lipinski definition) is 3. The molecule has 0 amide bonds. The number of anilines is 1. The fraction of sp³-hybridized carbons (Fsp3) is 0.286. The van der Waals surface area contributed by atoms with Crippen molar-refractivity contribution >= 4 is 11.9 Å². The van der Waals surface area contributed by atoms with Crippen molar-refractivity contribution in [2.45, 2.75) is 18.8 Å². The molecule has 4 nitrogen and oxygen atoms in total. The Balaban J connectivity index is 2.14. The molecule has 2 rings (SSSR count).